The zero-order valence-electron chi connectivity index (χ0n) is 16.8. The van der Waals surface area contributed by atoms with Gasteiger partial charge in [0.1, 0.15) is 0 Å². The standard InChI is InChI=1S/C23H21AsN6O/c24-23-27-8-14(9-28-23)13-5-6-15-17(7-13)29-20-16(21(25)31)10-26-22(18(15)20)30-19(11-1-2-11)12-3-4-12/h5-12,19,29H,1-4H2,(H2,25,31)(H,26,30). The fourth-order valence-electron chi connectivity index (χ4n) is 4.54. The van der Waals surface area contributed by atoms with Crippen molar-refractivity contribution >= 4 is 55.0 Å². The first-order valence-electron chi connectivity index (χ1n) is 10.6. The molecular formula is C23H21AsN6O. The number of primary amides is 1. The van der Waals surface area contributed by atoms with Crippen LogP contribution in [-0.4, -0.2) is 48.7 Å². The summed E-state index contributed by atoms with van der Waals surface area (Å²) in [4.78, 5) is 28.7. The van der Waals surface area contributed by atoms with E-state index in [1.165, 1.54) is 25.7 Å². The molecule has 8 heteroatoms. The molecule has 7 nitrogen and oxygen atoms in total. The van der Waals surface area contributed by atoms with E-state index >= 15 is 0 Å². The molecule has 31 heavy (non-hydrogen) atoms. The number of anilines is 1. The fourth-order valence-corrected chi connectivity index (χ4v) is 4.78. The monoisotopic (exact) mass is 472 g/mol. The summed E-state index contributed by atoms with van der Waals surface area (Å²) in [7, 11) is 0. The van der Waals surface area contributed by atoms with Crippen LogP contribution in [0.5, 0.6) is 0 Å². The molecule has 154 valence electrons. The molecule has 1 amide bonds. The van der Waals surface area contributed by atoms with Crippen LogP contribution in [0, 0.1) is 11.8 Å². The van der Waals surface area contributed by atoms with E-state index in [4.69, 9.17) is 5.73 Å². The van der Waals surface area contributed by atoms with Crippen LogP contribution in [0.4, 0.5) is 5.82 Å². The molecule has 4 aromatic rings. The molecule has 3 aromatic heterocycles. The van der Waals surface area contributed by atoms with E-state index in [0.717, 1.165) is 50.6 Å². The molecule has 2 saturated carbocycles. The van der Waals surface area contributed by atoms with Gasteiger partial charge in [-0.15, -0.1) is 0 Å². The predicted molar refractivity (Wildman–Crippen MR) is 121 cm³/mol. The average molecular weight is 472 g/mol. The van der Waals surface area contributed by atoms with Crippen molar-refractivity contribution in [3.63, 3.8) is 0 Å². The van der Waals surface area contributed by atoms with Crippen molar-refractivity contribution in [2.75, 3.05) is 5.32 Å². The van der Waals surface area contributed by atoms with Crippen LogP contribution in [0.15, 0.2) is 36.8 Å². The fraction of sp³-hybridized carbons (Fsp3) is 0.304. The number of carbonyl (C=O) groups is 1. The predicted octanol–water partition coefficient (Wildman–Crippen LogP) is 2.67. The van der Waals surface area contributed by atoms with Crippen molar-refractivity contribution in [3.8, 4) is 11.1 Å². The third-order valence-corrected chi connectivity index (χ3v) is 6.91. The Morgan fingerprint density at radius 2 is 1.77 bits per heavy atom. The van der Waals surface area contributed by atoms with Gasteiger partial charge in [-0.3, -0.25) is 0 Å². The summed E-state index contributed by atoms with van der Waals surface area (Å²) in [5, 5.41) is 5.69. The summed E-state index contributed by atoms with van der Waals surface area (Å²) in [6.45, 7) is 0. The minimum absolute atomic E-state index is 0.407. The number of fused-ring (bicyclic) bond motifs is 3. The number of benzene rings is 1. The number of nitrogens with two attached hydrogens (primary N) is 1. The van der Waals surface area contributed by atoms with Crippen LogP contribution < -0.4 is 15.7 Å². The number of nitrogens with zero attached hydrogens (tertiary/aromatic N) is 3. The molecule has 0 aliphatic heterocycles. The Morgan fingerprint density at radius 3 is 2.42 bits per heavy atom. The maximum atomic E-state index is 12.1. The Morgan fingerprint density at radius 1 is 1.06 bits per heavy atom. The Balaban J connectivity index is 1.51. The molecule has 2 radical (unpaired) electrons. The Bertz CT molecular complexity index is 1310. The molecule has 6 rings (SSSR count). The summed E-state index contributed by atoms with van der Waals surface area (Å²) in [6.07, 6.45) is 10.3. The van der Waals surface area contributed by atoms with Crippen LogP contribution >= 0.6 is 0 Å². The number of amides is 1. The topological polar surface area (TPSA) is 110 Å². The number of nitrogens with one attached hydrogen (secondary N) is 2. The number of rotatable bonds is 6. The molecule has 0 saturated heterocycles. The number of carbonyl (C=O) groups excluding carboxylic acids is 1. The van der Waals surface area contributed by atoms with Crippen molar-refractivity contribution < 1.29 is 4.79 Å². The third-order valence-electron chi connectivity index (χ3n) is 6.43. The molecule has 2 aliphatic carbocycles. The van der Waals surface area contributed by atoms with Gasteiger partial charge >= 0.3 is 150 Å². The van der Waals surface area contributed by atoms with Crippen LogP contribution in [0.1, 0.15) is 36.0 Å². The van der Waals surface area contributed by atoms with Gasteiger partial charge in [-0.25, -0.2) is 0 Å². The summed E-state index contributed by atoms with van der Waals surface area (Å²) >= 11 is 2.34. The van der Waals surface area contributed by atoms with Crippen molar-refractivity contribution in [3.05, 3.63) is 42.4 Å². The van der Waals surface area contributed by atoms with E-state index in [-0.39, 0.29) is 0 Å². The number of aromatic amines is 1. The molecule has 0 unspecified atom stereocenters. The van der Waals surface area contributed by atoms with E-state index in [1.54, 1.807) is 6.20 Å². The van der Waals surface area contributed by atoms with Crippen LogP contribution in [0.25, 0.3) is 32.9 Å². The summed E-state index contributed by atoms with van der Waals surface area (Å²) in [5.41, 5.74) is 9.68. The zero-order chi connectivity index (χ0) is 21.1. The van der Waals surface area contributed by atoms with Gasteiger partial charge in [-0.05, 0) is 37.5 Å². The molecular weight excluding hydrogens is 451 g/mol. The van der Waals surface area contributed by atoms with E-state index in [0.29, 0.717) is 16.2 Å². The second-order valence-electron chi connectivity index (χ2n) is 8.64. The Hall–Kier alpha value is -2.92. The summed E-state index contributed by atoms with van der Waals surface area (Å²) < 4.78 is 0.678. The van der Waals surface area contributed by atoms with Gasteiger partial charge in [0.05, 0.1) is 0 Å². The van der Waals surface area contributed by atoms with E-state index in [9.17, 15) is 4.79 Å². The molecule has 0 spiro atoms. The molecule has 3 heterocycles. The summed E-state index contributed by atoms with van der Waals surface area (Å²) in [5.74, 6) is 1.82. The van der Waals surface area contributed by atoms with Gasteiger partial charge in [-0.1, -0.05) is 0 Å². The van der Waals surface area contributed by atoms with Crippen LogP contribution in [-0.2, 0) is 0 Å². The average Bonchev–Trinajstić information content (AvgIpc) is 3.68. The second kappa shape index (κ2) is 7.06. The van der Waals surface area contributed by atoms with Crippen LogP contribution in [0.3, 0.4) is 0 Å². The molecule has 0 atom stereocenters. The molecule has 0 bridgehead atoms. The maximum absolute atomic E-state index is 12.1. The first kappa shape index (κ1) is 18.8. The quantitative estimate of drug-likeness (QED) is 0.374. The summed E-state index contributed by atoms with van der Waals surface area (Å²) in [6, 6.07) is 6.65. The number of hydrogen-bond acceptors (Lipinski definition) is 5. The van der Waals surface area contributed by atoms with Gasteiger partial charge in [0, 0.05) is 0 Å². The zero-order valence-corrected chi connectivity index (χ0v) is 18.7. The Kier molecular flexibility index (Phi) is 4.28. The first-order chi connectivity index (χ1) is 15.1. The third kappa shape index (κ3) is 3.37. The van der Waals surface area contributed by atoms with Crippen molar-refractivity contribution in [2.24, 2.45) is 17.6 Å². The van der Waals surface area contributed by atoms with Gasteiger partial charge in [0.25, 0.3) is 0 Å². The minimum atomic E-state index is -0.484. The van der Waals surface area contributed by atoms with Gasteiger partial charge in [0.15, 0.2) is 0 Å². The van der Waals surface area contributed by atoms with Gasteiger partial charge in [-0.2, -0.15) is 0 Å². The molecule has 2 aliphatic rings. The van der Waals surface area contributed by atoms with Crippen molar-refractivity contribution in [1.29, 1.82) is 0 Å². The Labute approximate surface area is 187 Å². The SMILES string of the molecule is NC(=O)c1cnc(NC(C2CC2)C2CC2)c2c1[nH]c1cc(-c3cnc([As])nc3)ccc12. The van der Waals surface area contributed by atoms with E-state index in [1.807, 2.05) is 12.4 Å². The first-order valence-corrected chi connectivity index (χ1v) is 11.5. The second-order valence-corrected chi connectivity index (χ2v) is 9.48. The number of hydrogen-bond donors (Lipinski definition) is 3. The van der Waals surface area contributed by atoms with Crippen molar-refractivity contribution in [1.82, 2.24) is 19.9 Å². The van der Waals surface area contributed by atoms with Gasteiger partial charge in [0.2, 0.25) is 0 Å². The molecule has 2 fully saturated rings. The van der Waals surface area contributed by atoms with Crippen molar-refractivity contribution in [2.45, 2.75) is 31.7 Å². The van der Waals surface area contributed by atoms with E-state index < -0.39 is 5.91 Å². The van der Waals surface area contributed by atoms with E-state index in [2.05, 4.69) is 60.3 Å². The normalized spacial score (nSPS) is 16.3. The molecule has 4 N–H and O–H groups in total. The van der Waals surface area contributed by atoms with Crippen LogP contribution in [0.2, 0.25) is 0 Å². The number of H-pyrrole nitrogens is 1. The van der Waals surface area contributed by atoms with Gasteiger partial charge < -0.3 is 0 Å². The molecule has 1 aromatic carbocycles. The number of pyridine rings is 1. The number of aromatic nitrogens is 4.